The monoisotopic (exact) mass is 321 g/mol. The molecule has 112 valence electrons. The van der Waals surface area contributed by atoms with E-state index in [4.69, 9.17) is 0 Å². The summed E-state index contributed by atoms with van der Waals surface area (Å²) >= 11 is 1.54. The Morgan fingerprint density at radius 3 is 3.00 bits per heavy atom. The summed E-state index contributed by atoms with van der Waals surface area (Å²) < 4.78 is 2.67. The van der Waals surface area contributed by atoms with Crippen molar-refractivity contribution in [2.24, 2.45) is 0 Å². The predicted molar refractivity (Wildman–Crippen MR) is 90.3 cm³/mol. The molecule has 7 heteroatoms. The lowest BCUT2D eigenvalue weighted by molar-refractivity contribution is -0.111. The smallest absolute Gasteiger partial charge is 0.249 e. The minimum absolute atomic E-state index is 0.243. The Hall–Kier alpha value is -3.06. The van der Waals surface area contributed by atoms with E-state index in [1.807, 2.05) is 24.3 Å². The number of anilines is 1. The van der Waals surface area contributed by atoms with Gasteiger partial charge in [-0.2, -0.15) is 9.61 Å². The third-order valence-electron chi connectivity index (χ3n) is 3.23. The number of aromatic nitrogens is 4. The molecule has 3 heterocycles. The van der Waals surface area contributed by atoms with Gasteiger partial charge in [0.1, 0.15) is 10.8 Å². The largest absolute Gasteiger partial charge is 0.307 e. The molecule has 0 bridgehead atoms. The van der Waals surface area contributed by atoms with Crippen LogP contribution in [0.15, 0.2) is 54.9 Å². The summed E-state index contributed by atoms with van der Waals surface area (Å²) in [5.41, 5.74) is 1.61. The molecule has 1 aromatic carbocycles. The Kier molecular flexibility index (Phi) is 3.32. The van der Waals surface area contributed by atoms with Crippen LogP contribution in [0.2, 0.25) is 0 Å². The number of carbonyl (C=O) groups excluding carboxylic acids is 1. The van der Waals surface area contributed by atoms with E-state index < -0.39 is 0 Å². The summed E-state index contributed by atoms with van der Waals surface area (Å²) in [7, 11) is 0. The summed E-state index contributed by atoms with van der Waals surface area (Å²) in [6, 6.07) is 11.3. The van der Waals surface area contributed by atoms with Gasteiger partial charge in [-0.05, 0) is 24.3 Å². The van der Waals surface area contributed by atoms with Crippen molar-refractivity contribution in [2.45, 2.75) is 0 Å². The van der Waals surface area contributed by atoms with Crippen molar-refractivity contribution in [2.75, 3.05) is 5.32 Å². The average molecular weight is 321 g/mol. The maximum Gasteiger partial charge on any atom is 0.249 e. The molecule has 0 radical (unpaired) electrons. The number of nitrogens with zero attached hydrogens (tertiary/aromatic N) is 4. The van der Waals surface area contributed by atoms with Crippen LogP contribution in [-0.4, -0.2) is 25.5 Å². The standard InChI is InChI=1S/C16H11N5OS/c22-15(20-14-7-9-17-13-8-10-18-21(13)14)5-6-16-19-11-3-1-2-4-12(11)23-16/h1-10H,(H,20,22)/b6-5+. The van der Waals surface area contributed by atoms with Gasteiger partial charge in [-0.25, -0.2) is 9.97 Å². The predicted octanol–water partition coefficient (Wildman–Crippen LogP) is 2.99. The number of carbonyl (C=O) groups is 1. The molecular formula is C16H11N5OS. The van der Waals surface area contributed by atoms with Crippen LogP contribution in [-0.2, 0) is 4.79 Å². The lowest BCUT2D eigenvalue weighted by atomic mass is 10.3. The van der Waals surface area contributed by atoms with Crippen molar-refractivity contribution in [3.63, 3.8) is 0 Å². The van der Waals surface area contributed by atoms with Crippen LogP contribution in [0.5, 0.6) is 0 Å². The summed E-state index contributed by atoms with van der Waals surface area (Å²) in [5.74, 6) is 0.325. The van der Waals surface area contributed by atoms with Crippen LogP contribution in [0.25, 0.3) is 21.9 Å². The molecule has 0 saturated heterocycles. The second-order valence-electron chi connectivity index (χ2n) is 4.77. The summed E-state index contributed by atoms with van der Waals surface area (Å²) in [4.78, 5) is 20.7. The van der Waals surface area contributed by atoms with Crippen molar-refractivity contribution in [3.8, 4) is 0 Å². The Labute approximate surface area is 135 Å². The summed E-state index contributed by atoms with van der Waals surface area (Å²) in [6.07, 6.45) is 6.44. The molecular weight excluding hydrogens is 310 g/mol. The van der Waals surface area contributed by atoms with Crippen LogP contribution in [0.1, 0.15) is 5.01 Å². The van der Waals surface area contributed by atoms with E-state index in [0.29, 0.717) is 11.5 Å². The molecule has 4 aromatic rings. The van der Waals surface area contributed by atoms with Crippen molar-refractivity contribution in [1.82, 2.24) is 19.6 Å². The highest BCUT2D eigenvalue weighted by Crippen LogP contribution is 2.22. The molecule has 0 aliphatic heterocycles. The number of rotatable bonds is 3. The zero-order valence-corrected chi connectivity index (χ0v) is 12.7. The minimum atomic E-state index is -0.243. The molecule has 23 heavy (non-hydrogen) atoms. The van der Waals surface area contributed by atoms with Gasteiger partial charge < -0.3 is 5.32 Å². The summed E-state index contributed by atoms with van der Waals surface area (Å²) in [5, 5.41) is 7.70. The second kappa shape index (κ2) is 5.62. The van der Waals surface area contributed by atoms with E-state index in [0.717, 1.165) is 15.2 Å². The molecule has 0 unspecified atom stereocenters. The van der Waals surface area contributed by atoms with Gasteiger partial charge in [-0.1, -0.05) is 12.1 Å². The number of amides is 1. The normalized spacial score (nSPS) is 11.5. The molecule has 0 aliphatic carbocycles. The molecule has 0 spiro atoms. The molecule has 0 fully saturated rings. The van der Waals surface area contributed by atoms with Crippen LogP contribution in [0.4, 0.5) is 5.82 Å². The molecule has 0 atom stereocenters. The number of nitrogens with one attached hydrogen (secondary N) is 1. The van der Waals surface area contributed by atoms with E-state index in [2.05, 4.69) is 20.4 Å². The SMILES string of the molecule is O=C(/C=C/c1nc2ccccc2s1)Nc1ccnc2ccnn12. The van der Waals surface area contributed by atoms with Gasteiger partial charge in [0.15, 0.2) is 5.65 Å². The minimum Gasteiger partial charge on any atom is -0.307 e. The molecule has 0 aliphatic rings. The highest BCUT2D eigenvalue weighted by Gasteiger charge is 2.05. The Morgan fingerprint density at radius 2 is 2.09 bits per heavy atom. The van der Waals surface area contributed by atoms with E-state index in [-0.39, 0.29) is 5.91 Å². The van der Waals surface area contributed by atoms with Gasteiger partial charge in [0.05, 0.1) is 16.4 Å². The van der Waals surface area contributed by atoms with Gasteiger partial charge in [0, 0.05) is 18.3 Å². The van der Waals surface area contributed by atoms with E-state index in [1.54, 1.807) is 46.5 Å². The molecule has 1 amide bonds. The van der Waals surface area contributed by atoms with E-state index >= 15 is 0 Å². The highest BCUT2D eigenvalue weighted by molar-refractivity contribution is 7.19. The van der Waals surface area contributed by atoms with E-state index in [1.165, 1.54) is 6.08 Å². The average Bonchev–Trinajstić information content (AvgIpc) is 3.19. The zero-order chi connectivity index (χ0) is 15.6. The maximum atomic E-state index is 12.1. The van der Waals surface area contributed by atoms with Crippen LogP contribution < -0.4 is 5.32 Å². The lowest BCUT2D eigenvalue weighted by Gasteiger charge is -2.03. The molecule has 4 rings (SSSR count). The first-order valence-corrected chi connectivity index (χ1v) is 7.75. The first-order chi connectivity index (χ1) is 11.3. The Morgan fingerprint density at radius 1 is 1.17 bits per heavy atom. The van der Waals surface area contributed by atoms with Gasteiger partial charge >= 0.3 is 0 Å². The molecule has 6 nitrogen and oxygen atoms in total. The number of fused-ring (bicyclic) bond motifs is 2. The van der Waals surface area contributed by atoms with Crippen molar-refractivity contribution >= 4 is 45.0 Å². The third-order valence-corrected chi connectivity index (χ3v) is 4.23. The third kappa shape index (κ3) is 2.69. The van der Waals surface area contributed by atoms with Crippen molar-refractivity contribution in [3.05, 3.63) is 59.9 Å². The Bertz CT molecular complexity index is 1000. The van der Waals surface area contributed by atoms with Gasteiger partial charge in [-0.3, -0.25) is 4.79 Å². The zero-order valence-electron chi connectivity index (χ0n) is 11.9. The van der Waals surface area contributed by atoms with Crippen molar-refractivity contribution in [1.29, 1.82) is 0 Å². The topological polar surface area (TPSA) is 72.2 Å². The number of para-hydroxylation sites is 1. The first-order valence-electron chi connectivity index (χ1n) is 6.93. The Balaban J connectivity index is 1.54. The van der Waals surface area contributed by atoms with Gasteiger partial charge in [0.2, 0.25) is 5.91 Å². The lowest BCUT2D eigenvalue weighted by Crippen LogP contribution is -2.11. The molecule has 3 aromatic heterocycles. The van der Waals surface area contributed by atoms with Crippen LogP contribution >= 0.6 is 11.3 Å². The highest BCUT2D eigenvalue weighted by atomic mass is 32.1. The van der Waals surface area contributed by atoms with Crippen LogP contribution in [0.3, 0.4) is 0 Å². The number of hydrogen-bond donors (Lipinski definition) is 1. The number of benzene rings is 1. The fraction of sp³-hybridized carbons (Fsp3) is 0. The van der Waals surface area contributed by atoms with E-state index in [9.17, 15) is 4.79 Å². The fourth-order valence-corrected chi connectivity index (χ4v) is 3.08. The van der Waals surface area contributed by atoms with Crippen LogP contribution in [0, 0.1) is 0 Å². The van der Waals surface area contributed by atoms with Gasteiger partial charge in [0.25, 0.3) is 0 Å². The molecule has 0 saturated carbocycles. The number of thiazole rings is 1. The fourth-order valence-electron chi connectivity index (χ4n) is 2.21. The molecule has 1 N–H and O–H groups in total. The second-order valence-corrected chi connectivity index (χ2v) is 5.84. The quantitative estimate of drug-likeness (QED) is 0.589. The van der Waals surface area contributed by atoms with Crippen molar-refractivity contribution < 1.29 is 4.79 Å². The maximum absolute atomic E-state index is 12.1. The van der Waals surface area contributed by atoms with Gasteiger partial charge in [-0.15, -0.1) is 11.3 Å². The summed E-state index contributed by atoms with van der Waals surface area (Å²) in [6.45, 7) is 0. The first kappa shape index (κ1) is 13.6. The number of hydrogen-bond acceptors (Lipinski definition) is 5.